The fraction of sp³-hybridized carbons (Fsp3) is 0.661. The molecule has 0 rings (SSSR count). The fourth-order valence-corrected chi connectivity index (χ4v) is 7.13. The van der Waals surface area contributed by atoms with Gasteiger partial charge in [0.2, 0.25) is 0 Å². The second kappa shape index (κ2) is 47.6. The molecule has 2 atom stereocenters. The van der Waals surface area contributed by atoms with Gasteiger partial charge in [0, 0.05) is 13.0 Å². The number of likely N-dealkylation sites (N-methyl/N-ethyl adjacent to an activating group) is 1. The third-order valence-electron chi connectivity index (χ3n) is 10.3. The predicted molar refractivity (Wildman–Crippen MR) is 279 cm³/mol. The first kappa shape index (κ1) is 62.2. The van der Waals surface area contributed by atoms with Gasteiger partial charge in [0.15, 0.2) is 0 Å². The Morgan fingerprint density at radius 3 is 1.34 bits per heavy atom. The summed E-state index contributed by atoms with van der Waals surface area (Å²) in [5.74, 6) is -0.363. The molecule has 9 heteroatoms. The second-order valence-corrected chi connectivity index (χ2v) is 19.3. The number of ether oxygens (including phenoxy) is 2. The van der Waals surface area contributed by atoms with Gasteiger partial charge < -0.3 is 18.9 Å². The van der Waals surface area contributed by atoms with E-state index in [1.54, 1.807) is 0 Å². The van der Waals surface area contributed by atoms with Gasteiger partial charge in [0.25, 0.3) is 0 Å². The van der Waals surface area contributed by atoms with Crippen LogP contribution in [0.4, 0.5) is 0 Å². The number of hydrogen-bond donors (Lipinski definition) is 1. The highest BCUT2D eigenvalue weighted by molar-refractivity contribution is 7.47. The van der Waals surface area contributed by atoms with Crippen LogP contribution in [0.1, 0.15) is 181 Å². The van der Waals surface area contributed by atoms with Crippen LogP contribution >= 0.6 is 7.82 Å². The van der Waals surface area contributed by atoms with E-state index in [0.717, 1.165) is 89.9 Å². The van der Waals surface area contributed by atoms with Gasteiger partial charge in [-0.05, 0) is 103 Å². The Morgan fingerprint density at radius 2 is 0.892 bits per heavy atom. The van der Waals surface area contributed by atoms with Crippen LogP contribution in [0.15, 0.2) is 109 Å². The normalized spacial score (nSPS) is 14.5. The van der Waals surface area contributed by atoms with Crippen molar-refractivity contribution < 1.29 is 37.3 Å². The summed E-state index contributed by atoms with van der Waals surface area (Å²) < 4.78 is 35.1. The molecule has 0 saturated carbocycles. The highest BCUT2D eigenvalue weighted by Crippen LogP contribution is 2.43. The molecule has 65 heavy (non-hydrogen) atoms. The topological polar surface area (TPSA) is 91.3 Å². The van der Waals surface area contributed by atoms with Crippen LogP contribution in [0.25, 0.3) is 0 Å². The van der Waals surface area contributed by atoms with Crippen molar-refractivity contribution >= 4 is 13.8 Å². The minimum absolute atomic E-state index is 0.0711. The molecular formula is C56H97NO7P+. The summed E-state index contributed by atoms with van der Waals surface area (Å²) in [6.45, 7) is 5.39. The average Bonchev–Trinajstić information content (AvgIpc) is 3.27. The van der Waals surface area contributed by atoms with Crippen LogP contribution in [0.5, 0.6) is 0 Å². The smallest absolute Gasteiger partial charge is 0.457 e. The number of hydrogen-bond acceptors (Lipinski definition) is 6. The molecule has 0 radical (unpaired) electrons. The molecule has 0 bridgehead atoms. The third kappa shape index (κ3) is 52.0. The molecule has 1 N–H and O–H groups in total. The van der Waals surface area contributed by atoms with E-state index < -0.39 is 13.9 Å². The summed E-state index contributed by atoms with van der Waals surface area (Å²) >= 11 is 0. The Bertz CT molecular complexity index is 1400. The molecular weight excluding hydrogens is 830 g/mol. The minimum atomic E-state index is -4.31. The van der Waals surface area contributed by atoms with Crippen molar-refractivity contribution in [3.8, 4) is 0 Å². The molecule has 0 spiro atoms. The maximum Gasteiger partial charge on any atom is 0.472 e. The maximum absolute atomic E-state index is 12.8. The number of carbonyl (C=O) groups excluding carboxylic acids is 1. The van der Waals surface area contributed by atoms with Crippen LogP contribution in [0.2, 0.25) is 0 Å². The molecule has 0 aliphatic heterocycles. The highest BCUT2D eigenvalue weighted by atomic mass is 31.2. The van der Waals surface area contributed by atoms with Crippen molar-refractivity contribution in [3.05, 3.63) is 109 Å². The Morgan fingerprint density at radius 1 is 0.492 bits per heavy atom. The Labute approximate surface area is 400 Å². The van der Waals surface area contributed by atoms with Gasteiger partial charge in [-0.3, -0.25) is 13.8 Å². The summed E-state index contributed by atoms with van der Waals surface area (Å²) in [6, 6.07) is 0. The quantitative estimate of drug-likeness (QED) is 0.0214. The number of unbranched alkanes of at least 4 members (excludes halogenated alkanes) is 14. The molecule has 8 nitrogen and oxygen atoms in total. The number of esters is 1. The Hall–Kier alpha value is -2.84. The Kier molecular flexibility index (Phi) is 45.6. The number of phosphoric acid groups is 1. The standard InChI is InChI=1S/C56H96NO7P/c1-6-8-10-12-14-16-18-20-22-24-26-28-30-32-34-36-38-40-42-44-46-48-51-61-53-55(54-63-65(59,60)62-52-50-57(3,4)5)64-56(58)49-47-45-43-41-39-37-35-33-31-29-27-25-23-21-19-17-15-13-11-9-7-2/h9,11,15,17-18,20-21,23-24,26-27,29-30,32-33,35,39,41,55H,6-8,10,12-14,16,19,22,25,28,31,34,36-38,40,42-54H2,1-5H3/p+1/b11-9-,17-15-,20-18-,23-21-,26-24-,29-27-,32-30-,35-33-,41-39-. The van der Waals surface area contributed by atoms with E-state index >= 15 is 0 Å². The molecule has 2 unspecified atom stereocenters. The number of allylic oxidation sites excluding steroid dienone is 18. The van der Waals surface area contributed by atoms with Crippen LogP contribution < -0.4 is 0 Å². The molecule has 0 fully saturated rings. The summed E-state index contributed by atoms with van der Waals surface area (Å²) in [5.41, 5.74) is 0. The largest absolute Gasteiger partial charge is 0.472 e. The fourth-order valence-electron chi connectivity index (χ4n) is 6.39. The monoisotopic (exact) mass is 927 g/mol. The van der Waals surface area contributed by atoms with E-state index in [0.29, 0.717) is 24.1 Å². The van der Waals surface area contributed by atoms with Gasteiger partial charge >= 0.3 is 13.8 Å². The first-order valence-corrected chi connectivity index (χ1v) is 27.1. The lowest BCUT2D eigenvalue weighted by atomic mass is 10.1. The molecule has 0 heterocycles. The minimum Gasteiger partial charge on any atom is -0.457 e. The first-order valence-electron chi connectivity index (χ1n) is 25.6. The lowest BCUT2D eigenvalue weighted by Crippen LogP contribution is -2.37. The van der Waals surface area contributed by atoms with Crippen LogP contribution in [0, 0.1) is 0 Å². The zero-order valence-corrected chi connectivity index (χ0v) is 43.1. The summed E-state index contributed by atoms with van der Waals surface area (Å²) in [6.07, 6.45) is 67.1. The number of nitrogens with zero attached hydrogens (tertiary/aromatic N) is 1. The van der Waals surface area contributed by atoms with E-state index in [4.69, 9.17) is 18.5 Å². The van der Waals surface area contributed by atoms with Crippen molar-refractivity contribution in [2.24, 2.45) is 0 Å². The first-order chi connectivity index (χ1) is 31.6. The number of rotatable bonds is 46. The third-order valence-corrected chi connectivity index (χ3v) is 11.3. The molecule has 0 aromatic heterocycles. The van der Waals surface area contributed by atoms with Gasteiger partial charge in [-0.15, -0.1) is 0 Å². The van der Waals surface area contributed by atoms with E-state index in [9.17, 15) is 14.3 Å². The van der Waals surface area contributed by atoms with Crippen molar-refractivity contribution in [2.45, 2.75) is 187 Å². The summed E-state index contributed by atoms with van der Waals surface area (Å²) in [7, 11) is 1.61. The lowest BCUT2D eigenvalue weighted by Gasteiger charge is -2.24. The van der Waals surface area contributed by atoms with Gasteiger partial charge in [-0.25, -0.2) is 4.57 Å². The molecule has 0 saturated heterocycles. The number of carbonyl (C=O) groups is 1. The van der Waals surface area contributed by atoms with Gasteiger partial charge in [0.05, 0.1) is 34.4 Å². The maximum atomic E-state index is 12.8. The van der Waals surface area contributed by atoms with Gasteiger partial charge in [0.1, 0.15) is 19.3 Å². The second-order valence-electron chi connectivity index (χ2n) is 17.8. The van der Waals surface area contributed by atoms with E-state index in [-0.39, 0.29) is 32.2 Å². The van der Waals surface area contributed by atoms with Gasteiger partial charge in [-0.1, -0.05) is 181 Å². The highest BCUT2D eigenvalue weighted by Gasteiger charge is 2.26. The van der Waals surface area contributed by atoms with Crippen molar-refractivity contribution in [1.29, 1.82) is 0 Å². The van der Waals surface area contributed by atoms with E-state index in [1.165, 1.54) is 64.2 Å². The average molecular weight is 927 g/mol. The molecule has 0 aromatic carbocycles. The SMILES string of the molecule is CC/C=C\C/C=C\C/C=C\C/C=C\C/C=C\C/C=C\CCCCC(=O)OC(COCCCCCCCCC/C=C\C/C=C\C/C=C\CCCCCCC)COP(=O)(O)OCC[N+](C)(C)C. The van der Waals surface area contributed by atoms with Crippen LogP contribution in [-0.2, 0) is 27.9 Å². The summed E-state index contributed by atoms with van der Waals surface area (Å²) in [5, 5.41) is 0. The van der Waals surface area contributed by atoms with E-state index in [1.807, 2.05) is 21.1 Å². The molecule has 372 valence electrons. The van der Waals surface area contributed by atoms with Crippen molar-refractivity contribution in [2.75, 3.05) is 54.1 Å². The zero-order chi connectivity index (χ0) is 47.6. The van der Waals surface area contributed by atoms with E-state index in [2.05, 4.69) is 123 Å². The Balaban J connectivity index is 4.30. The van der Waals surface area contributed by atoms with Crippen molar-refractivity contribution in [3.63, 3.8) is 0 Å². The molecule has 0 amide bonds. The molecule has 0 aromatic rings. The number of phosphoric ester groups is 1. The summed E-state index contributed by atoms with van der Waals surface area (Å²) in [4.78, 5) is 23.0. The number of quaternary nitrogens is 1. The molecule has 0 aliphatic rings. The molecule has 0 aliphatic carbocycles. The lowest BCUT2D eigenvalue weighted by molar-refractivity contribution is -0.870. The van der Waals surface area contributed by atoms with Crippen LogP contribution in [0.3, 0.4) is 0 Å². The zero-order valence-electron chi connectivity index (χ0n) is 42.2. The predicted octanol–water partition coefficient (Wildman–Crippen LogP) is 15.9. The van der Waals surface area contributed by atoms with Crippen LogP contribution in [-0.4, -0.2) is 75.6 Å². The van der Waals surface area contributed by atoms with Crippen molar-refractivity contribution in [1.82, 2.24) is 0 Å². The van der Waals surface area contributed by atoms with Gasteiger partial charge in [-0.2, -0.15) is 0 Å².